The molecule has 4 rings (SSSR count). The highest BCUT2D eigenvalue weighted by atomic mass is 32.2. The molecule has 2 aliphatic heterocycles. The van der Waals surface area contributed by atoms with Gasteiger partial charge in [0.2, 0.25) is 0 Å². The molecule has 182 valence electrons. The summed E-state index contributed by atoms with van der Waals surface area (Å²) in [6.07, 6.45) is 2.55. The highest BCUT2D eigenvalue weighted by molar-refractivity contribution is 8.26. The van der Waals surface area contributed by atoms with Crippen molar-refractivity contribution in [3.63, 3.8) is 0 Å². The van der Waals surface area contributed by atoms with Crippen molar-refractivity contribution in [1.82, 2.24) is 9.47 Å². The van der Waals surface area contributed by atoms with Crippen LogP contribution in [0.1, 0.15) is 41.2 Å². The number of carbonyl (C=O) groups is 1. The van der Waals surface area contributed by atoms with Crippen LogP contribution in [0.4, 0.5) is 5.82 Å². The summed E-state index contributed by atoms with van der Waals surface area (Å²) in [5.41, 5.74) is 3.26. The van der Waals surface area contributed by atoms with Crippen molar-refractivity contribution in [1.29, 1.82) is 5.26 Å². The Morgan fingerprint density at radius 1 is 1.17 bits per heavy atom. The van der Waals surface area contributed by atoms with Gasteiger partial charge >= 0.3 is 0 Å². The molecule has 0 atom stereocenters. The van der Waals surface area contributed by atoms with E-state index in [0.717, 1.165) is 23.4 Å². The maximum atomic E-state index is 13.4. The number of morpholine rings is 1. The van der Waals surface area contributed by atoms with Crippen LogP contribution in [-0.4, -0.2) is 46.0 Å². The number of benzene rings is 1. The Labute approximate surface area is 215 Å². The van der Waals surface area contributed by atoms with Crippen LogP contribution in [-0.2, 0) is 22.6 Å². The second-order valence-electron chi connectivity index (χ2n) is 8.66. The zero-order valence-electron chi connectivity index (χ0n) is 20.2. The first-order valence-electron chi connectivity index (χ1n) is 11.7. The number of aryl methyl sites for hydroxylation is 1. The number of rotatable bonds is 6. The number of ether oxygens (including phenoxy) is 1. The lowest BCUT2D eigenvalue weighted by Gasteiger charge is -2.33. The Balaban J connectivity index is 1.80. The summed E-state index contributed by atoms with van der Waals surface area (Å²) in [5, 5.41) is 9.78. The first kappa shape index (κ1) is 25.2. The topological polar surface area (TPSA) is 78.6 Å². The molecule has 7 nitrogen and oxygen atoms in total. The van der Waals surface area contributed by atoms with Gasteiger partial charge in [0.05, 0.1) is 24.7 Å². The summed E-state index contributed by atoms with van der Waals surface area (Å²) in [4.78, 5) is 30.8. The standard InChI is InChI=1S/C26H28N4O3S2/c1-4-9-29-23(28-10-12-33-13-11-28)20(18(3)21(15-27)24(29)31)14-22-25(32)30(26(34)35-22)16-19-7-5-17(2)6-8-19/h5-8,14H,4,9-13,16H2,1-3H3. The third kappa shape index (κ3) is 5.06. The van der Waals surface area contributed by atoms with E-state index in [1.165, 1.54) is 11.8 Å². The van der Waals surface area contributed by atoms with Gasteiger partial charge in [-0.15, -0.1) is 0 Å². The molecule has 9 heteroatoms. The van der Waals surface area contributed by atoms with Crippen LogP contribution in [0.5, 0.6) is 0 Å². The first-order chi connectivity index (χ1) is 16.8. The molecule has 0 unspecified atom stereocenters. The number of nitriles is 1. The van der Waals surface area contributed by atoms with Crippen molar-refractivity contribution in [3.05, 3.63) is 67.3 Å². The highest BCUT2D eigenvalue weighted by Gasteiger charge is 2.33. The maximum absolute atomic E-state index is 13.4. The molecule has 3 heterocycles. The summed E-state index contributed by atoms with van der Waals surface area (Å²) in [6, 6.07) is 10.1. The van der Waals surface area contributed by atoms with Gasteiger partial charge < -0.3 is 9.64 Å². The minimum atomic E-state index is -0.294. The van der Waals surface area contributed by atoms with E-state index in [-0.39, 0.29) is 17.0 Å². The van der Waals surface area contributed by atoms with Gasteiger partial charge in [-0.25, -0.2) is 0 Å². The SMILES string of the molecule is CCCn1c(N2CCOCC2)c(C=C2SC(=S)N(Cc3ccc(C)cc3)C2=O)c(C)c(C#N)c1=O. The number of nitrogens with zero attached hydrogens (tertiary/aromatic N) is 4. The zero-order valence-corrected chi connectivity index (χ0v) is 21.8. The van der Waals surface area contributed by atoms with Crippen molar-refractivity contribution in [2.75, 3.05) is 31.2 Å². The van der Waals surface area contributed by atoms with E-state index < -0.39 is 0 Å². The zero-order chi connectivity index (χ0) is 25.1. The molecule has 2 aliphatic rings. The summed E-state index contributed by atoms with van der Waals surface area (Å²) in [6.45, 7) is 9.04. The van der Waals surface area contributed by atoms with Gasteiger partial charge in [0.1, 0.15) is 21.8 Å². The second-order valence-corrected chi connectivity index (χ2v) is 10.3. The van der Waals surface area contributed by atoms with E-state index in [0.29, 0.717) is 59.7 Å². The number of carbonyl (C=O) groups excluding carboxylic acids is 1. The Morgan fingerprint density at radius 2 is 1.86 bits per heavy atom. The molecule has 1 aromatic heterocycles. The number of amides is 1. The summed E-state index contributed by atoms with van der Waals surface area (Å²) in [7, 11) is 0. The minimum Gasteiger partial charge on any atom is -0.378 e. The lowest BCUT2D eigenvalue weighted by atomic mass is 10.0. The van der Waals surface area contributed by atoms with Gasteiger partial charge in [-0.1, -0.05) is 60.7 Å². The van der Waals surface area contributed by atoms with Crippen LogP contribution in [0.2, 0.25) is 0 Å². The van der Waals surface area contributed by atoms with Gasteiger partial charge in [0, 0.05) is 25.2 Å². The van der Waals surface area contributed by atoms with Crippen molar-refractivity contribution in [3.8, 4) is 6.07 Å². The Kier molecular flexibility index (Phi) is 7.75. The van der Waals surface area contributed by atoms with Crippen LogP contribution < -0.4 is 10.5 Å². The number of thiocarbonyl (C=S) groups is 1. The molecule has 35 heavy (non-hydrogen) atoms. The van der Waals surface area contributed by atoms with Crippen molar-refractivity contribution in [2.24, 2.45) is 0 Å². The quantitative estimate of drug-likeness (QED) is 0.431. The smallest absolute Gasteiger partial charge is 0.270 e. The fourth-order valence-electron chi connectivity index (χ4n) is 4.33. The number of hydrogen-bond donors (Lipinski definition) is 0. The largest absolute Gasteiger partial charge is 0.378 e. The lowest BCUT2D eigenvalue weighted by Crippen LogP contribution is -2.41. The number of pyridine rings is 1. The number of anilines is 1. The van der Waals surface area contributed by atoms with Crippen LogP contribution in [0.25, 0.3) is 6.08 Å². The van der Waals surface area contributed by atoms with Crippen LogP contribution in [0.15, 0.2) is 34.0 Å². The van der Waals surface area contributed by atoms with Gasteiger partial charge in [0.25, 0.3) is 11.5 Å². The average Bonchev–Trinajstić information content (AvgIpc) is 3.11. The molecule has 0 bridgehead atoms. The Bertz CT molecular complexity index is 1290. The monoisotopic (exact) mass is 508 g/mol. The molecule has 0 aliphatic carbocycles. The third-order valence-corrected chi connectivity index (χ3v) is 7.59. The predicted octanol–water partition coefficient (Wildman–Crippen LogP) is 3.98. The van der Waals surface area contributed by atoms with E-state index >= 15 is 0 Å². The Morgan fingerprint density at radius 3 is 2.49 bits per heavy atom. The molecule has 2 fully saturated rings. The van der Waals surface area contributed by atoms with E-state index in [1.54, 1.807) is 22.5 Å². The molecular weight excluding hydrogens is 480 g/mol. The van der Waals surface area contributed by atoms with Gasteiger partial charge in [-0.3, -0.25) is 19.1 Å². The predicted molar refractivity (Wildman–Crippen MR) is 143 cm³/mol. The molecule has 2 saturated heterocycles. The van der Waals surface area contributed by atoms with E-state index in [1.807, 2.05) is 38.1 Å². The Hall–Kier alpha value is -2.93. The van der Waals surface area contributed by atoms with Crippen molar-refractivity contribution in [2.45, 2.75) is 40.3 Å². The van der Waals surface area contributed by atoms with Crippen LogP contribution in [0, 0.1) is 25.2 Å². The van der Waals surface area contributed by atoms with E-state index in [9.17, 15) is 14.9 Å². The molecular formula is C26H28N4O3S2. The number of thioether (sulfide) groups is 1. The van der Waals surface area contributed by atoms with Gasteiger partial charge in [0.15, 0.2) is 0 Å². The van der Waals surface area contributed by atoms with Crippen molar-refractivity contribution >= 4 is 46.1 Å². The van der Waals surface area contributed by atoms with Crippen LogP contribution in [0.3, 0.4) is 0 Å². The maximum Gasteiger partial charge on any atom is 0.270 e. The first-order valence-corrected chi connectivity index (χ1v) is 12.9. The second kappa shape index (κ2) is 10.8. The molecule has 0 saturated carbocycles. The fraction of sp³-hybridized carbons (Fsp3) is 0.385. The van der Waals surface area contributed by atoms with Crippen molar-refractivity contribution < 1.29 is 9.53 Å². The fourth-order valence-corrected chi connectivity index (χ4v) is 5.57. The average molecular weight is 509 g/mol. The molecule has 2 aromatic rings. The summed E-state index contributed by atoms with van der Waals surface area (Å²) in [5.74, 6) is 0.570. The lowest BCUT2D eigenvalue weighted by molar-refractivity contribution is -0.122. The third-order valence-electron chi connectivity index (χ3n) is 6.21. The summed E-state index contributed by atoms with van der Waals surface area (Å²) < 4.78 is 7.70. The molecule has 1 aromatic carbocycles. The van der Waals surface area contributed by atoms with Gasteiger partial charge in [-0.05, 0) is 37.5 Å². The number of hydrogen-bond acceptors (Lipinski definition) is 7. The minimum absolute atomic E-state index is 0.108. The van der Waals surface area contributed by atoms with Gasteiger partial charge in [-0.2, -0.15) is 5.26 Å². The van der Waals surface area contributed by atoms with Crippen LogP contribution >= 0.6 is 24.0 Å². The molecule has 0 spiro atoms. The summed E-state index contributed by atoms with van der Waals surface area (Å²) >= 11 is 6.81. The number of aromatic nitrogens is 1. The molecule has 0 radical (unpaired) electrons. The van der Waals surface area contributed by atoms with E-state index in [2.05, 4.69) is 11.0 Å². The van der Waals surface area contributed by atoms with E-state index in [4.69, 9.17) is 17.0 Å². The normalized spacial score (nSPS) is 17.4. The highest BCUT2D eigenvalue weighted by Crippen LogP contribution is 2.36. The molecule has 0 N–H and O–H groups in total. The molecule has 1 amide bonds.